The summed E-state index contributed by atoms with van der Waals surface area (Å²) in [5.41, 5.74) is 3.34. The Labute approximate surface area is 101 Å². The summed E-state index contributed by atoms with van der Waals surface area (Å²) in [4.78, 5) is 9.13. The van der Waals surface area contributed by atoms with Crippen molar-refractivity contribution in [2.75, 3.05) is 0 Å². The molecule has 3 heterocycles. The first-order valence-electron chi connectivity index (χ1n) is 5.19. The number of nitrogens with zero attached hydrogens (tertiary/aromatic N) is 2. The lowest BCUT2D eigenvalue weighted by molar-refractivity contribution is 0.557. The van der Waals surface area contributed by atoms with Gasteiger partial charge in [0, 0.05) is 41.0 Å². The molecule has 0 saturated heterocycles. The standard InChI is InChI=1S/C12H10N2O2S/c1-7-3-11-9(5-13-7)10-6-14-8(2)4-12(10)17(15)16-11/h3-6H,1-2H3. The Morgan fingerprint density at radius 3 is 2.47 bits per heavy atom. The molecule has 4 nitrogen and oxygen atoms in total. The molecule has 1 unspecified atom stereocenters. The van der Waals surface area contributed by atoms with Gasteiger partial charge in [0.05, 0.1) is 4.90 Å². The molecule has 0 fully saturated rings. The molecule has 0 radical (unpaired) electrons. The van der Waals surface area contributed by atoms with Crippen LogP contribution in [0.4, 0.5) is 0 Å². The zero-order valence-electron chi connectivity index (χ0n) is 9.43. The van der Waals surface area contributed by atoms with E-state index in [1.807, 2.05) is 13.8 Å². The number of rotatable bonds is 0. The second-order valence-corrected chi connectivity index (χ2v) is 5.04. The highest BCUT2D eigenvalue weighted by Crippen LogP contribution is 2.38. The molecule has 2 aromatic rings. The fraction of sp³-hybridized carbons (Fsp3) is 0.167. The minimum Gasteiger partial charge on any atom is -0.396 e. The number of hydrogen-bond acceptors (Lipinski definition) is 4. The molecule has 86 valence electrons. The number of fused-ring (bicyclic) bond motifs is 3. The van der Waals surface area contributed by atoms with Crippen LogP contribution >= 0.6 is 0 Å². The van der Waals surface area contributed by atoms with Crippen LogP contribution in [0.1, 0.15) is 11.4 Å². The fourth-order valence-electron chi connectivity index (χ4n) is 1.81. The number of aromatic nitrogens is 2. The summed E-state index contributed by atoms with van der Waals surface area (Å²) in [6, 6.07) is 3.57. The Balaban J connectivity index is 2.30. The van der Waals surface area contributed by atoms with Crippen molar-refractivity contribution < 1.29 is 8.39 Å². The van der Waals surface area contributed by atoms with Crippen LogP contribution in [0.15, 0.2) is 29.4 Å². The summed E-state index contributed by atoms with van der Waals surface area (Å²) < 4.78 is 17.4. The molecule has 0 bridgehead atoms. The van der Waals surface area contributed by atoms with E-state index in [0.29, 0.717) is 10.6 Å². The summed E-state index contributed by atoms with van der Waals surface area (Å²) in [5, 5.41) is 0. The van der Waals surface area contributed by atoms with Crippen molar-refractivity contribution in [1.29, 1.82) is 0 Å². The average Bonchev–Trinajstić information content (AvgIpc) is 2.29. The monoisotopic (exact) mass is 246 g/mol. The van der Waals surface area contributed by atoms with E-state index in [9.17, 15) is 4.21 Å². The van der Waals surface area contributed by atoms with Crippen molar-refractivity contribution in [2.45, 2.75) is 18.7 Å². The van der Waals surface area contributed by atoms with Gasteiger partial charge in [-0.3, -0.25) is 9.97 Å². The molecular weight excluding hydrogens is 236 g/mol. The lowest BCUT2D eigenvalue weighted by atomic mass is 10.1. The third kappa shape index (κ3) is 1.63. The van der Waals surface area contributed by atoms with Crippen LogP contribution < -0.4 is 4.18 Å². The van der Waals surface area contributed by atoms with Gasteiger partial charge in [-0.2, -0.15) is 0 Å². The Bertz CT molecular complexity index is 640. The van der Waals surface area contributed by atoms with Crippen LogP contribution in [0.2, 0.25) is 0 Å². The van der Waals surface area contributed by atoms with Crippen molar-refractivity contribution in [1.82, 2.24) is 9.97 Å². The zero-order valence-corrected chi connectivity index (χ0v) is 10.2. The summed E-state index contributed by atoms with van der Waals surface area (Å²) in [6.07, 6.45) is 3.46. The molecule has 0 spiro atoms. The first kappa shape index (κ1) is 10.4. The van der Waals surface area contributed by atoms with Gasteiger partial charge in [0.25, 0.3) is 0 Å². The predicted octanol–water partition coefficient (Wildman–Crippen LogP) is 2.18. The average molecular weight is 246 g/mol. The summed E-state index contributed by atoms with van der Waals surface area (Å²) in [6.45, 7) is 3.73. The summed E-state index contributed by atoms with van der Waals surface area (Å²) in [7, 11) is 0. The quantitative estimate of drug-likeness (QED) is 0.715. The minimum absolute atomic E-state index is 0.606. The third-order valence-corrected chi connectivity index (χ3v) is 3.67. The van der Waals surface area contributed by atoms with E-state index >= 15 is 0 Å². The molecule has 17 heavy (non-hydrogen) atoms. The number of pyridine rings is 2. The third-order valence-electron chi connectivity index (χ3n) is 2.64. The maximum atomic E-state index is 12.0. The van der Waals surface area contributed by atoms with Gasteiger partial charge in [0.1, 0.15) is 0 Å². The maximum absolute atomic E-state index is 12.0. The maximum Gasteiger partial charge on any atom is 0.241 e. The normalized spacial score (nSPS) is 16.9. The van der Waals surface area contributed by atoms with Crippen LogP contribution in [0.5, 0.6) is 5.75 Å². The van der Waals surface area contributed by atoms with Gasteiger partial charge >= 0.3 is 0 Å². The largest absolute Gasteiger partial charge is 0.396 e. The molecule has 2 aromatic heterocycles. The molecule has 1 atom stereocenters. The number of hydrogen-bond donors (Lipinski definition) is 0. The van der Waals surface area contributed by atoms with Gasteiger partial charge in [0.15, 0.2) is 5.75 Å². The topological polar surface area (TPSA) is 52.1 Å². The lowest BCUT2D eigenvalue weighted by Crippen LogP contribution is -2.10. The predicted molar refractivity (Wildman–Crippen MR) is 64.0 cm³/mol. The minimum atomic E-state index is -1.46. The number of aryl methyl sites for hydroxylation is 2. The van der Waals surface area contributed by atoms with Gasteiger partial charge in [-0.25, -0.2) is 4.21 Å². The second kappa shape index (κ2) is 3.63. The van der Waals surface area contributed by atoms with Crippen molar-refractivity contribution in [3.63, 3.8) is 0 Å². The molecule has 0 aliphatic carbocycles. The van der Waals surface area contributed by atoms with Gasteiger partial charge < -0.3 is 4.18 Å². The van der Waals surface area contributed by atoms with Crippen LogP contribution in [-0.2, 0) is 11.1 Å². The van der Waals surface area contributed by atoms with E-state index < -0.39 is 11.1 Å². The van der Waals surface area contributed by atoms with Crippen LogP contribution in [0.25, 0.3) is 11.1 Å². The molecule has 0 saturated carbocycles. The van der Waals surface area contributed by atoms with Gasteiger partial charge in [0.2, 0.25) is 11.1 Å². The van der Waals surface area contributed by atoms with E-state index in [4.69, 9.17) is 4.18 Å². The van der Waals surface area contributed by atoms with Crippen LogP contribution in [-0.4, -0.2) is 14.2 Å². The lowest BCUT2D eigenvalue weighted by Gasteiger charge is -2.18. The van der Waals surface area contributed by atoms with Crippen LogP contribution in [0, 0.1) is 13.8 Å². The van der Waals surface area contributed by atoms with E-state index in [2.05, 4.69) is 9.97 Å². The molecule has 0 amide bonds. The molecule has 0 N–H and O–H groups in total. The highest BCUT2D eigenvalue weighted by molar-refractivity contribution is 7.80. The van der Waals surface area contributed by atoms with Crippen LogP contribution in [0.3, 0.4) is 0 Å². The van der Waals surface area contributed by atoms with Gasteiger partial charge in [-0.15, -0.1) is 0 Å². The highest BCUT2D eigenvalue weighted by Gasteiger charge is 2.24. The molecule has 0 aromatic carbocycles. The smallest absolute Gasteiger partial charge is 0.241 e. The van der Waals surface area contributed by atoms with E-state index in [1.165, 1.54) is 0 Å². The Morgan fingerprint density at radius 1 is 1.06 bits per heavy atom. The van der Waals surface area contributed by atoms with E-state index in [1.54, 1.807) is 24.5 Å². The van der Waals surface area contributed by atoms with Crippen molar-refractivity contribution >= 4 is 11.1 Å². The van der Waals surface area contributed by atoms with Crippen molar-refractivity contribution in [3.05, 3.63) is 35.9 Å². The second-order valence-electron chi connectivity index (χ2n) is 3.96. The first-order chi connectivity index (χ1) is 8.15. The Hall–Kier alpha value is -1.75. The van der Waals surface area contributed by atoms with Crippen molar-refractivity contribution in [3.8, 4) is 16.9 Å². The molecule has 1 aliphatic rings. The van der Waals surface area contributed by atoms with Gasteiger partial charge in [-0.1, -0.05) is 0 Å². The molecule has 3 rings (SSSR count). The van der Waals surface area contributed by atoms with E-state index in [0.717, 1.165) is 22.5 Å². The summed E-state index contributed by atoms with van der Waals surface area (Å²) in [5.74, 6) is 0.606. The molecular formula is C12H10N2O2S. The van der Waals surface area contributed by atoms with E-state index in [-0.39, 0.29) is 0 Å². The zero-order chi connectivity index (χ0) is 12.0. The molecule has 5 heteroatoms. The Kier molecular flexibility index (Phi) is 2.22. The first-order valence-corrected chi connectivity index (χ1v) is 6.26. The molecule has 1 aliphatic heterocycles. The fourth-order valence-corrected chi connectivity index (χ4v) is 2.81. The Morgan fingerprint density at radius 2 is 1.71 bits per heavy atom. The summed E-state index contributed by atoms with van der Waals surface area (Å²) >= 11 is -1.46. The van der Waals surface area contributed by atoms with Crippen molar-refractivity contribution in [2.24, 2.45) is 0 Å². The van der Waals surface area contributed by atoms with Gasteiger partial charge in [-0.05, 0) is 19.9 Å². The highest BCUT2D eigenvalue weighted by atomic mass is 32.2. The SMILES string of the molecule is Cc1cc2c(cn1)-c1cnc(C)cc1S(=O)O2.